The molecule has 0 spiro atoms. The maximum absolute atomic E-state index is 12.7. The third-order valence-corrected chi connectivity index (χ3v) is 5.11. The highest BCUT2D eigenvalue weighted by atomic mass is 35.5. The zero-order chi connectivity index (χ0) is 25.0. The van der Waals surface area contributed by atoms with Crippen LogP contribution >= 0.6 is 11.6 Å². The smallest absolute Gasteiger partial charge is 0.416 e. The standard InChI is InChI=1S/C24H18ClF3N4O3/c1-15(22(33)14-32-30-23(29-31-32)16-2-6-18(25)7-3-16)34-19-10-12-21(13-11-19)35-20-8-4-17(5-9-20)24(26,27)28/h2-13,15H,14H2,1H3. The summed E-state index contributed by atoms with van der Waals surface area (Å²) < 4.78 is 49.2. The maximum atomic E-state index is 12.7. The number of alkyl halides is 3. The monoisotopic (exact) mass is 502 g/mol. The van der Waals surface area contributed by atoms with E-state index in [1.807, 2.05) is 0 Å². The van der Waals surface area contributed by atoms with Crippen LogP contribution in [0, 0.1) is 0 Å². The van der Waals surface area contributed by atoms with Gasteiger partial charge in [-0.2, -0.15) is 18.0 Å². The summed E-state index contributed by atoms with van der Waals surface area (Å²) >= 11 is 5.88. The molecule has 1 atom stereocenters. The average Bonchev–Trinajstić information content (AvgIpc) is 3.29. The van der Waals surface area contributed by atoms with Gasteiger partial charge in [-0.15, -0.1) is 10.2 Å². The van der Waals surface area contributed by atoms with Crippen molar-refractivity contribution >= 4 is 17.4 Å². The number of carbonyl (C=O) groups is 1. The van der Waals surface area contributed by atoms with Crippen molar-refractivity contribution in [2.75, 3.05) is 0 Å². The molecule has 0 radical (unpaired) electrons. The van der Waals surface area contributed by atoms with Gasteiger partial charge in [-0.25, -0.2) is 0 Å². The van der Waals surface area contributed by atoms with Crippen molar-refractivity contribution in [3.05, 3.63) is 83.4 Å². The molecular formula is C24H18ClF3N4O3. The zero-order valence-electron chi connectivity index (χ0n) is 18.2. The molecule has 7 nitrogen and oxygen atoms in total. The number of hydrogen-bond acceptors (Lipinski definition) is 6. The fourth-order valence-electron chi connectivity index (χ4n) is 3.00. The first-order valence-electron chi connectivity index (χ1n) is 10.4. The van der Waals surface area contributed by atoms with Gasteiger partial charge in [-0.1, -0.05) is 11.6 Å². The summed E-state index contributed by atoms with van der Waals surface area (Å²) in [7, 11) is 0. The summed E-state index contributed by atoms with van der Waals surface area (Å²) in [4.78, 5) is 13.7. The Morgan fingerprint density at radius 2 is 1.51 bits per heavy atom. The number of carbonyl (C=O) groups excluding carboxylic acids is 1. The van der Waals surface area contributed by atoms with E-state index in [1.54, 1.807) is 55.5 Å². The Bertz CT molecular complexity index is 1290. The molecule has 0 aliphatic carbocycles. The quantitative estimate of drug-likeness (QED) is 0.301. The van der Waals surface area contributed by atoms with Gasteiger partial charge in [-0.3, -0.25) is 4.79 Å². The lowest BCUT2D eigenvalue weighted by atomic mass is 10.2. The van der Waals surface area contributed by atoms with E-state index in [4.69, 9.17) is 21.1 Å². The third-order valence-electron chi connectivity index (χ3n) is 4.86. The van der Waals surface area contributed by atoms with Crippen LogP contribution in [0.3, 0.4) is 0 Å². The Kier molecular flexibility index (Phi) is 7.02. The van der Waals surface area contributed by atoms with Crippen LogP contribution < -0.4 is 9.47 Å². The molecule has 0 saturated carbocycles. The van der Waals surface area contributed by atoms with Crippen molar-refractivity contribution in [3.63, 3.8) is 0 Å². The van der Waals surface area contributed by atoms with Crippen LogP contribution in [0.2, 0.25) is 5.02 Å². The highest BCUT2D eigenvalue weighted by Gasteiger charge is 2.30. The van der Waals surface area contributed by atoms with Gasteiger partial charge in [-0.05, 0) is 84.9 Å². The van der Waals surface area contributed by atoms with Gasteiger partial charge < -0.3 is 9.47 Å². The zero-order valence-corrected chi connectivity index (χ0v) is 19.0. The molecule has 11 heteroatoms. The molecule has 1 heterocycles. The molecule has 0 amide bonds. The number of hydrogen-bond donors (Lipinski definition) is 0. The Balaban J connectivity index is 1.31. The van der Waals surface area contributed by atoms with Crippen molar-refractivity contribution in [2.24, 2.45) is 0 Å². The molecule has 1 unspecified atom stereocenters. The minimum Gasteiger partial charge on any atom is -0.483 e. The lowest BCUT2D eigenvalue weighted by Gasteiger charge is -2.14. The number of benzene rings is 3. The van der Waals surface area contributed by atoms with Crippen LogP contribution in [0.5, 0.6) is 17.2 Å². The average molecular weight is 503 g/mol. The van der Waals surface area contributed by atoms with E-state index in [-0.39, 0.29) is 18.1 Å². The summed E-state index contributed by atoms with van der Waals surface area (Å²) in [5.41, 5.74) is -0.0365. The van der Waals surface area contributed by atoms with Crippen molar-refractivity contribution in [2.45, 2.75) is 25.7 Å². The van der Waals surface area contributed by atoms with E-state index >= 15 is 0 Å². The van der Waals surface area contributed by atoms with E-state index in [2.05, 4.69) is 15.4 Å². The molecule has 0 saturated heterocycles. The van der Waals surface area contributed by atoms with Gasteiger partial charge in [0, 0.05) is 10.6 Å². The number of ether oxygens (including phenoxy) is 2. The van der Waals surface area contributed by atoms with Gasteiger partial charge in [0.25, 0.3) is 0 Å². The molecule has 0 aliphatic heterocycles. The van der Waals surface area contributed by atoms with Crippen molar-refractivity contribution in [3.8, 4) is 28.6 Å². The van der Waals surface area contributed by atoms with Crippen LogP contribution in [-0.4, -0.2) is 32.1 Å². The summed E-state index contributed by atoms with van der Waals surface area (Å²) in [6.45, 7) is 1.48. The number of halogens is 4. The molecule has 0 fully saturated rings. The number of rotatable bonds is 8. The predicted octanol–water partition coefficient (Wildman–Crippen LogP) is 5.84. The second-order valence-electron chi connectivity index (χ2n) is 7.47. The summed E-state index contributed by atoms with van der Waals surface area (Å²) in [5.74, 6) is 1.17. The van der Waals surface area contributed by atoms with Crippen LogP contribution in [0.1, 0.15) is 12.5 Å². The van der Waals surface area contributed by atoms with Crippen molar-refractivity contribution in [1.82, 2.24) is 20.2 Å². The van der Waals surface area contributed by atoms with Crippen molar-refractivity contribution < 1.29 is 27.4 Å². The third kappa shape index (κ3) is 6.36. The molecule has 0 N–H and O–H groups in total. The van der Waals surface area contributed by atoms with Gasteiger partial charge in [0.15, 0.2) is 11.9 Å². The second kappa shape index (κ2) is 10.1. The first-order chi connectivity index (χ1) is 16.7. The Morgan fingerprint density at radius 1 is 0.943 bits per heavy atom. The fraction of sp³-hybridized carbons (Fsp3) is 0.167. The molecule has 180 valence electrons. The topological polar surface area (TPSA) is 79.1 Å². The number of tetrazole rings is 1. The van der Waals surface area contributed by atoms with Gasteiger partial charge in [0.2, 0.25) is 5.82 Å². The first-order valence-corrected chi connectivity index (χ1v) is 10.7. The molecule has 1 aromatic heterocycles. The number of ketones is 1. The summed E-state index contributed by atoms with van der Waals surface area (Å²) in [6.07, 6.45) is -5.20. The molecule has 0 bridgehead atoms. The molecule has 0 aliphatic rings. The Hall–Kier alpha value is -3.92. The van der Waals surface area contributed by atoms with E-state index in [1.165, 1.54) is 16.9 Å². The van der Waals surface area contributed by atoms with E-state index in [0.29, 0.717) is 22.3 Å². The first kappa shape index (κ1) is 24.2. The van der Waals surface area contributed by atoms with Gasteiger partial charge in [0.05, 0.1) is 5.56 Å². The fourth-order valence-corrected chi connectivity index (χ4v) is 3.12. The van der Waals surface area contributed by atoms with Gasteiger partial charge >= 0.3 is 6.18 Å². The number of nitrogens with zero attached hydrogens (tertiary/aromatic N) is 4. The van der Waals surface area contributed by atoms with E-state index in [0.717, 1.165) is 17.7 Å². The van der Waals surface area contributed by atoms with Crippen LogP contribution in [0.15, 0.2) is 72.8 Å². The lowest BCUT2D eigenvalue weighted by Crippen LogP contribution is -2.28. The minimum atomic E-state index is -4.41. The Labute approximate surface area is 203 Å². The van der Waals surface area contributed by atoms with Crippen LogP contribution in [0.25, 0.3) is 11.4 Å². The highest BCUT2D eigenvalue weighted by Crippen LogP contribution is 2.31. The molecule has 3 aromatic carbocycles. The van der Waals surface area contributed by atoms with Gasteiger partial charge in [0.1, 0.15) is 23.8 Å². The normalized spacial score (nSPS) is 12.3. The number of Topliss-reactive ketones (excluding diaryl/α,β-unsaturated/α-hetero) is 1. The van der Waals surface area contributed by atoms with E-state index < -0.39 is 17.8 Å². The molecule has 4 rings (SSSR count). The molecule has 4 aromatic rings. The predicted molar refractivity (Wildman–Crippen MR) is 121 cm³/mol. The number of aromatic nitrogens is 4. The molecule has 35 heavy (non-hydrogen) atoms. The van der Waals surface area contributed by atoms with Crippen molar-refractivity contribution in [1.29, 1.82) is 0 Å². The van der Waals surface area contributed by atoms with E-state index in [9.17, 15) is 18.0 Å². The minimum absolute atomic E-state index is 0.128. The highest BCUT2D eigenvalue weighted by molar-refractivity contribution is 6.30. The Morgan fingerprint density at radius 3 is 2.11 bits per heavy atom. The SMILES string of the molecule is CC(Oc1ccc(Oc2ccc(C(F)(F)F)cc2)cc1)C(=O)Cn1nnc(-c2ccc(Cl)cc2)n1. The molecular weight excluding hydrogens is 485 g/mol. The lowest BCUT2D eigenvalue weighted by molar-refractivity contribution is -0.137. The maximum Gasteiger partial charge on any atom is 0.416 e. The summed E-state index contributed by atoms with van der Waals surface area (Å²) in [5, 5.41) is 12.6. The van der Waals surface area contributed by atoms with Crippen LogP contribution in [0.4, 0.5) is 13.2 Å². The second-order valence-corrected chi connectivity index (χ2v) is 7.91. The largest absolute Gasteiger partial charge is 0.483 e. The summed E-state index contributed by atoms with van der Waals surface area (Å²) in [6, 6.07) is 17.6. The van der Waals surface area contributed by atoms with Crippen LogP contribution in [-0.2, 0) is 17.5 Å².